The second-order valence-corrected chi connectivity index (χ2v) is 7.38. The van der Waals surface area contributed by atoms with Crippen LogP contribution in [0.2, 0.25) is 10.0 Å². The number of nitrogens with one attached hydrogen (secondary N) is 1. The summed E-state index contributed by atoms with van der Waals surface area (Å²) < 4.78 is 0. The fraction of sp³-hybridized carbons (Fsp3) is 0.0909. The second-order valence-electron chi connectivity index (χ2n) is 6.54. The summed E-state index contributed by atoms with van der Waals surface area (Å²) in [6.45, 7) is 1.68. The van der Waals surface area contributed by atoms with E-state index in [4.69, 9.17) is 23.2 Å². The van der Waals surface area contributed by atoms with Gasteiger partial charge < -0.3 is 4.90 Å². The van der Waals surface area contributed by atoms with Crippen LogP contribution in [0.5, 0.6) is 0 Å². The molecule has 3 aromatic carbocycles. The van der Waals surface area contributed by atoms with Crippen molar-refractivity contribution in [2.45, 2.75) is 13.1 Å². The van der Waals surface area contributed by atoms with Crippen molar-refractivity contribution in [2.75, 3.05) is 4.90 Å². The summed E-state index contributed by atoms with van der Waals surface area (Å²) in [4.78, 5) is 14.7. The lowest BCUT2D eigenvalue weighted by molar-refractivity contribution is 0.0955. The van der Waals surface area contributed by atoms with E-state index in [0.29, 0.717) is 21.2 Å². The molecule has 0 spiro atoms. The SMILES string of the molecule is O=C(N/N=C\c1ccc(Cl)cc1Cl)c1cccc(N2Cc3ccccc3C2)c1. The normalized spacial score (nSPS) is 13.0. The van der Waals surface area contributed by atoms with Gasteiger partial charge in [-0.2, -0.15) is 5.10 Å². The molecule has 4 nitrogen and oxygen atoms in total. The molecule has 0 aliphatic carbocycles. The van der Waals surface area contributed by atoms with E-state index in [2.05, 4.69) is 39.7 Å². The molecule has 0 atom stereocenters. The standard InChI is InChI=1S/C22H17Cl2N3O/c23-19-9-8-16(21(24)11-19)12-25-26-22(28)15-6-3-7-20(10-15)27-13-17-4-1-2-5-18(17)14-27/h1-12H,13-14H2,(H,26,28)/b25-12-. The number of benzene rings is 3. The Kier molecular flexibility index (Phi) is 5.33. The summed E-state index contributed by atoms with van der Waals surface area (Å²) in [5.74, 6) is -0.278. The number of nitrogens with zero attached hydrogens (tertiary/aromatic N) is 2. The highest BCUT2D eigenvalue weighted by molar-refractivity contribution is 6.36. The molecule has 0 aromatic heterocycles. The zero-order valence-corrected chi connectivity index (χ0v) is 16.4. The van der Waals surface area contributed by atoms with Gasteiger partial charge in [-0.15, -0.1) is 0 Å². The Labute approximate surface area is 173 Å². The predicted molar refractivity (Wildman–Crippen MR) is 114 cm³/mol. The monoisotopic (exact) mass is 409 g/mol. The van der Waals surface area contributed by atoms with Gasteiger partial charge in [0.2, 0.25) is 0 Å². The van der Waals surface area contributed by atoms with E-state index in [1.165, 1.54) is 17.3 Å². The van der Waals surface area contributed by atoms with Crippen LogP contribution in [0.1, 0.15) is 27.0 Å². The number of carbonyl (C=O) groups is 1. The number of amides is 1. The summed E-state index contributed by atoms with van der Waals surface area (Å²) in [5.41, 5.74) is 7.42. The third-order valence-corrected chi connectivity index (χ3v) is 5.21. The molecule has 0 fully saturated rings. The number of anilines is 1. The van der Waals surface area contributed by atoms with Gasteiger partial charge in [-0.3, -0.25) is 4.79 Å². The van der Waals surface area contributed by atoms with E-state index in [9.17, 15) is 4.79 Å². The molecule has 0 saturated carbocycles. The molecule has 1 aliphatic rings. The van der Waals surface area contributed by atoms with Crippen LogP contribution in [0.15, 0.2) is 71.8 Å². The average molecular weight is 410 g/mol. The van der Waals surface area contributed by atoms with E-state index >= 15 is 0 Å². The first kappa shape index (κ1) is 18.5. The van der Waals surface area contributed by atoms with Crippen molar-refractivity contribution in [3.05, 3.63) is 99.0 Å². The molecule has 0 unspecified atom stereocenters. The highest BCUT2D eigenvalue weighted by atomic mass is 35.5. The zero-order chi connectivity index (χ0) is 19.5. The molecular weight excluding hydrogens is 393 g/mol. The Morgan fingerprint density at radius 1 is 0.964 bits per heavy atom. The van der Waals surface area contributed by atoms with Gasteiger partial charge in [0.1, 0.15) is 0 Å². The Bertz CT molecular complexity index is 1040. The van der Waals surface area contributed by atoms with Gasteiger partial charge in [-0.25, -0.2) is 5.43 Å². The summed E-state index contributed by atoms with van der Waals surface area (Å²) >= 11 is 12.0. The largest absolute Gasteiger partial charge is 0.363 e. The van der Waals surface area contributed by atoms with Crippen LogP contribution in [0.4, 0.5) is 5.69 Å². The van der Waals surface area contributed by atoms with Gasteiger partial charge in [0.05, 0.1) is 11.2 Å². The lowest BCUT2D eigenvalue weighted by Crippen LogP contribution is -2.19. The van der Waals surface area contributed by atoms with Gasteiger partial charge in [0.25, 0.3) is 5.91 Å². The van der Waals surface area contributed by atoms with E-state index in [1.54, 1.807) is 24.3 Å². The van der Waals surface area contributed by atoms with Crippen molar-refractivity contribution < 1.29 is 4.79 Å². The number of carbonyl (C=O) groups excluding carboxylic acids is 1. The maximum atomic E-state index is 12.5. The number of hydrazone groups is 1. The number of hydrogen-bond acceptors (Lipinski definition) is 3. The number of fused-ring (bicyclic) bond motifs is 1. The number of halogens is 2. The summed E-state index contributed by atoms with van der Waals surface area (Å²) in [7, 11) is 0. The molecule has 1 N–H and O–H groups in total. The summed E-state index contributed by atoms with van der Waals surface area (Å²) in [5, 5.41) is 5.02. The minimum atomic E-state index is -0.278. The lowest BCUT2D eigenvalue weighted by Gasteiger charge is -2.18. The van der Waals surface area contributed by atoms with Crippen molar-refractivity contribution >= 4 is 41.0 Å². The Hall–Kier alpha value is -2.82. The second kappa shape index (κ2) is 8.05. The first-order chi connectivity index (χ1) is 13.6. The molecule has 1 heterocycles. The lowest BCUT2D eigenvalue weighted by atomic mass is 10.1. The van der Waals surface area contributed by atoms with Crippen molar-refractivity contribution in [2.24, 2.45) is 5.10 Å². The van der Waals surface area contributed by atoms with Gasteiger partial charge in [-0.1, -0.05) is 59.6 Å². The molecule has 140 valence electrons. The molecular formula is C22H17Cl2N3O. The van der Waals surface area contributed by atoms with Crippen LogP contribution in [0.3, 0.4) is 0 Å². The van der Waals surface area contributed by atoms with E-state index in [0.717, 1.165) is 18.8 Å². The van der Waals surface area contributed by atoms with Gasteiger partial charge in [-0.05, 0) is 41.5 Å². The fourth-order valence-electron chi connectivity index (χ4n) is 3.19. The van der Waals surface area contributed by atoms with Crippen LogP contribution in [0.25, 0.3) is 0 Å². The molecule has 28 heavy (non-hydrogen) atoms. The van der Waals surface area contributed by atoms with Crippen molar-refractivity contribution in [1.29, 1.82) is 0 Å². The molecule has 1 amide bonds. The van der Waals surface area contributed by atoms with Gasteiger partial charge in [0.15, 0.2) is 0 Å². The third kappa shape index (κ3) is 4.03. The number of hydrogen-bond donors (Lipinski definition) is 1. The first-order valence-electron chi connectivity index (χ1n) is 8.80. The van der Waals surface area contributed by atoms with Crippen molar-refractivity contribution in [3.63, 3.8) is 0 Å². The van der Waals surface area contributed by atoms with Gasteiger partial charge >= 0.3 is 0 Å². The molecule has 0 radical (unpaired) electrons. The Morgan fingerprint density at radius 2 is 1.71 bits per heavy atom. The van der Waals surface area contributed by atoms with Gasteiger partial charge in [0, 0.05) is 34.9 Å². The van der Waals surface area contributed by atoms with Crippen LogP contribution >= 0.6 is 23.2 Å². The Morgan fingerprint density at radius 3 is 2.43 bits per heavy atom. The molecule has 0 saturated heterocycles. The van der Waals surface area contributed by atoms with E-state index in [1.807, 2.05) is 18.2 Å². The highest BCUT2D eigenvalue weighted by Gasteiger charge is 2.19. The predicted octanol–water partition coefficient (Wildman–Crippen LogP) is 5.28. The van der Waals surface area contributed by atoms with Crippen LogP contribution < -0.4 is 10.3 Å². The smallest absolute Gasteiger partial charge is 0.271 e. The topological polar surface area (TPSA) is 44.7 Å². The van der Waals surface area contributed by atoms with Crippen molar-refractivity contribution in [1.82, 2.24) is 5.43 Å². The zero-order valence-electron chi connectivity index (χ0n) is 14.9. The Balaban J connectivity index is 1.44. The number of rotatable bonds is 4. The van der Waals surface area contributed by atoms with Crippen molar-refractivity contribution in [3.8, 4) is 0 Å². The summed E-state index contributed by atoms with van der Waals surface area (Å²) in [6, 6.07) is 21.0. The minimum absolute atomic E-state index is 0.278. The van der Waals surface area contributed by atoms with Crippen LogP contribution in [-0.2, 0) is 13.1 Å². The molecule has 3 aromatic rings. The minimum Gasteiger partial charge on any atom is -0.363 e. The fourth-order valence-corrected chi connectivity index (χ4v) is 3.65. The van der Waals surface area contributed by atoms with Crippen LogP contribution in [0, 0.1) is 0 Å². The molecule has 6 heteroatoms. The maximum absolute atomic E-state index is 12.5. The van der Waals surface area contributed by atoms with Crippen LogP contribution in [-0.4, -0.2) is 12.1 Å². The third-order valence-electron chi connectivity index (χ3n) is 4.65. The molecule has 4 rings (SSSR count). The van der Waals surface area contributed by atoms with E-state index in [-0.39, 0.29) is 5.91 Å². The maximum Gasteiger partial charge on any atom is 0.271 e. The summed E-state index contributed by atoms with van der Waals surface area (Å²) in [6.07, 6.45) is 1.50. The molecule has 1 aliphatic heterocycles. The molecule has 0 bridgehead atoms. The average Bonchev–Trinajstić information content (AvgIpc) is 3.14. The first-order valence-corrected chi connectivity index (χ1v) is 9.56. The highest BCUT2D eigenvalue weighted by Crippen LogP contribution is 2.28. The van der Waals surface area contributed by atoms with E-state index < -0.39 is 0 Å². The quantitative estimate of drug-likeness (QED) is 0.470.